The first-order chi connectivity index (χ1) is 16.6. The van der Waals surface area contributed by atoms with Crippen molar-refractivity contribution in [2.24, 2.45) is 0 Å². The minimum atomic E-state index is -0.578. The van der Waals surface area contributed by atoms with Crippen molar-refractivity contribution in [3.05, 3.63) is 41.6 Å². The fourth-order valence-corrected chi connectivity index (χ4v) is 3.54. The predicted molar refractivity (Wildman–Crippen MR) is 130 cm³/mol. The first-order valence-corrected chi connectivity index (χ1v) is 11.4. The highest BCUT2D eigenvalue weighted by Gasteiger charge is 2.28. The molecule has 2 amide bonds. The number of hydrogen-bond donors (Lipinski definition) is 4. The normalized spacial score (nSPS) is 15.3. The number of amides is 2. The van der Waals surface area contributed by atoms with Crippen LogP contribution in [-0.4, -0.2) is 63.3 Å². The van der Waals surface area contributed by atoms with Crippen LogP contribution >= 0.6 is 0 Å². The maximum atomic E-state index is 12.6. The average Bonchev–Trinajstić information content (AvgIpc) is 3.25. The Morgan fingerprint density at radius 3 is 2.77 bits per heavy atom. The van der Waals surface area contributed by atoms with Gasteiger partial charge in [0.25, 0.3) is 0 Å². The first-order valence-electron chi connectivity index (χ1n) is 11.4. The number of carbonyl (C=O) groups is 2. The highest BCUT2D eigenvalue weighted by atomic mass is 16.6. The molecule has 35 heavy (non-hydrogen) atoms. The third kappa shape index (κ3) is 7.74. The quantitative estimate of drug-likeness (QED) is 0.446. The minimum absolute atomic E-state index is 0.0588. The van der Waals surface area contributed by atoms with E-state index in [1.807, 2.05) is 12.1 Å². The van der Waals surface area contributed by atoms with Gasteiger partial charge < -0.3 is 30.7 Å². The van der Waals surface area contributed by atoms with Gasteiger partial charge in [-0.05, 0) is 33.3 Å². The van der Waals surface area contributed by atoms with Crippen molar-refractivity contribution in [3.8, 4) is 11.8 Å². The van der Waals surface area contributed by atoms with Crippen molar-refractivity contribution in [3.63, 3.8) is 0 Å². The number of phenols is 1. The van der Waals surface area contributed by atoms with Crippen molar-refractivity contribution in [2.75, 3.05) is 30.3 Å². The van der Waals surface area contributed by atoms with E-state index in [4.69, 9.17) is 4.74 Å². The largest absolute Gasteiger partial charge is 0.508 e. The van der Waals surface area contributed by atoms with Gasteiger partial charge in [-0.15, -0.1) is 0 Å². The minimum Gasteiger partial charge on any atom is -0.508 e. The summed E-state index contributed by atoms with van der Waals surface area (Å²) in [5.41, 5.74) is 0.366. The van der Waals surface area contributed by atoms with E-state index < -0.39 is 11.7 Å². The predicted octanol–water partition coefficient (Wildman–Crippen LogP) is 2.59. The maximum Gasteiger partial charge on any atom is 0.407 e. The van der Waals surface area contributed by atoms with E-state index in [0.29, 0.717) is 37.4 Å². The first kappa shape index (κ1) is 25.6. The summed E-state index contributed by atoms with van der Waals surface area (Å²) in [7, 11) is 0. The zero-order valence-electron chi connectivity index (χ0n) is 20.2. The van der Waals surface area contributed by atoms with Gasteiger partial charge in [-0.1, -0.05) is 18.2 Å². The third-order valence-corrected chi connectivity index (χ3v) is 5.23. The molecular formula is C24H31N7O4. The number of likely N-dealkylation sites (tertiary alicyclic amines) is 1. The number of rotatable bonds is 8. The molecule has 1 saturated heterocycles. The van der Waals surface area contributed by atoms with Crippen LogP contribution in [0.15, 0.2) is 30.5 Å². The van der Waals surface area contributed by atoms with Crippen LogP contribution in [0.5, 0.6) is 5.75 Å². The number of ether oxygens (including phenoxy) is 1. The SMILES string of the molecule is CC(C)(C)OC(=O)N[C@H]1CCN(C(=O)CCNc2nc(NCc3ccccc3O)ncc2C#N)C1. The van der Waals surface area contributed by atoms with Gasteiger partial charge in [0.1, 0.15) is 28.8 Å². The van der Waals surface area contributed by atoms with E-state index >= 15 is 0 Å². The highest BCUT2D eigenvalue weighted by Crippen LogP contribution is 2.18. The summed E-state index contributed by atoms with van der Waals surface area (Å²) >= 11 is 0. The number of benzene rings is 1. The van der Waals surface area contributed by atoms with Crippen molar-refractivity contribution >= 4 is 23.8 Å². The van der Waals surface area contributed by atoms with Crippen LogP contribution in [0.25, 0.3) is 0 Å². The van der Waals surface area contributed by atoms with Gasteiger partial charge in [0.15, 0.2) is 0 Å². The van der Waals surface area contributed by atoms with Crippen LogP contribution in [0.2, 0.25) is 0 Å². The van der Waals surface area contributed by atoms with Crippen molar-refractivity contribution in [2.45, 2.75) is 51.8 Å². The van der Waals surface area contributed by atoms with Crippen molar-refractivity contribution in [1.82, 2.24) is 20.2 Å². The lowest BCUT2D eigenvalue weighted by molar-refractivity contribution is -0.129. The van der Waals surface area contributed by atoms with Gasteiger partial charge >= 0.3 is 6.09 Å². The molecule has 0 saturated carbocycles. The van der Waals surface area contributed by atoms with E-state index in [2.05, 4.69) is 25.9 Å². The van der Waals surface area contributed by atoms with E-state index in [1.165, 1.54) is 6.20 Å². The van der Waals surface area contributed by atoms with Crippen molar-refractivity contribution in [1.29, 1.82) is 5.26 Å². The number of hydrogen-bond acceptors (Lipinski definition) is 9. The molecule has 1 aromatic carbocycles. The lowest BCUT2D eigenvalue weighted by Gasteiger charge is -2.22. The summed E-state index contributed by atoms with van der Waals surface area (Å²) in [6.07, 6.45) is 1.78. The molecule has 186 valence electrons. The maximum absolute atomic E-state index is 12.6. The molecule has 0 bridgehead atoms. The van der Waals surface area contributed by atoms with Crippen LogP contribution in [-0.2, 0) is 16.1 Å². The smallest absolute Gasteiger partial charge is 0.407 e. The second kappa shape index (κ2) is 11.4. The van der Waals surface area contributed by atoms with Gasteiger partial charge in [0.05, 0.1) is 12.2 Å². The molecule has 0 aliphatic carbocycles. The Bertz CT molecular complexity index is 1090. The zero-order valence-corrected chi connectivity index (χ0v) is 20.2. The number of aromatic hydroxyl groups is 1. The van der Waals surface area contributed by atoms with E-state index in [9.17, 15) is 20.0 Å². The molecule has 11 heteroatoms. The second-order valence-corrected chi connectivity index (χ2v) is 9.20. The molecule has 1 atom stereocenters. The molecule has 1 aromatic heterocycles. The molecule has 4 N–H and O–H groups in total. The van der Waals surface area contributed by atoms with Gasteiger partial charge in [0, 0.05) is 38.2 Å². The molecule has 2 aromatic rings. The Labute approximate surface area is 204 Å². The fourth-order valence-electron chi connectivity index (χ4n) is 3.54. The molecule has 1 aliphatic rings. The monoisotopic (exact) mass is 481 g/mol. The van der Waals surface area contributed by atoms with E-state index in [1.54, 1.807) is 43.9 Å². The molecule has 0 radical (unpaired) electrons. The summed E-state index contributed by atoms with van der Waals surface area (Å²) in [5.74, 6) is 0.713. The Hall–Kier alpha value is -4.07. The summed E-state index contributed by atoms with van der Waals surface area (Å²) in [6, 6.07) is 8.82. The number of nitriles is 1. The molecule has 1 aliphatic heterocycles. The van der Waals surface area contributed by atoms with Gasteiger partial charge in [-0.25, -0.2) is 9.78 Å². The summed E-state index contributed by atoms with van der Waals surface area (Å²) in [5, 5.41) is 28.1. The Kier molecular flexibility index (Phi) is 8.30. The van der Waals surface area contributed by atoms with Crippen LogP contribution in [0.3, 0.4) is 0 Å². The van der Waals surface area contributed by atoms with Gasteiger partial charge in [-0.3, -0.25) is 4.79 Å². The number of aromatic nitrogens is 2. The Morgan fingerprint density at radius 2 is 2.06 bits per heavy atom. The number of alkyl carbamates (subject to hydrolysis) is 1. The lowest BCUT2D eigenvalue weighted by atomic mass is 10.2. The van der Waals surface area contributed by atoms with Crippen LogP contribution in [0, 0.1) is 11.3 Å². The van der Waals surface area contributed by atoms with Crippen LogP contribution in [0.1, 0.15) is 44.7 Å². The van der Waals surface area contributed by atoms with Gasteiger partial charge in [0.2, 0.25) is 11.9 Å². The summed E-state index contributed by atoms with van der Waals surface area (Å²) in [6.45, 7) is 6.96. The molecule has 3 rings (SSSR count). The molecule has 0 unspecified atom stereocenters. The molecular weight excluding hydrogens is 450 g/mol. The fraction of sp³-hybridized carbons (Fsp3) is 0.458. The zero-order chi connectivity index (χ0) is 25.4. The number of phenolic OH excluding ortho intramolecular Hbond substituents is 1. The molecule has 2 heterocycles. The Balaban J connectivity index is 1.48. The second-order valence-electron chi connectivity index (χ2n) is 9.20. The number of anilines is 2. The number of nitrogens with one attached hydrogen (secondary N) is 3. The third-order valence-electron chi connectivity index (χ3n) is 5.23. The van der Waals surface area contributed by atoms with E-state index in [0.717, 1.165) is 0 Å². The van der Waals surface area contributed by atoms with Gasteiger partial charge in [-0.2, -0.15) is 10.2 Å². The standard InChI is InChI=1S/C24H31N7O4/c1-24(2,3)35-23(34)29-18-9-11-31(15-18)20(33)8-10-26-21-17(12-25)14-28-22(30-21)27-13-16-6-4-5-7-19(16)32/h4-7,14,18,32H,8-11,13,15H2,1-3H3,(H,29,34)(H2,26,27,28,30)/t18-/m0/s1. The molecule has 11 nitrogen and oxygen atoms in total. The van der Waals surface area contributed by atoms with Crippen LogP contribution < -0.4 is 16.0 Å². The number of nitrogens with zero attached hydrogens (tertiary/aromatic N) is 4. The average molecular weight is 482 g/mol. The lowest BCUT2D eigenvalue weighted by Crippen LogP contribution is -2.41. The molecule has 0 spiro atoms. The summed E-state index contributed by atoms with van der Waals surface area (Å²) in [4.78, 5) is 34.7. The van der Waals surface area contributed by atoms with Crippen LogP contribution in [0.4, 0.5) is 16.6 Å². The van der Waals surface area contributed by atoms with Crippen molar-refractivity contribution < 1.29 is 19.4 Å². The Morgan fingerprint density at radius 1 is 1.29 bits per heavy atom. The highest BCUT2D eigenvalue weighted by molar-refractivity contribution is 5.77. The van der Waals surface area contributed by atoms with E-state index in [-0.39, 0.29) is 42.2 Å². The number of carbonyl (C=O) groups excluding carboxylic acids is 2. The topological polar surface area (TPSA) is 152 Å². The number of para-hydroxylation sites is 1. The summed E-state index contributed by atoms with van der Waals surface area (Å²) < 4.78 is 5.27. The molecule has 1 fully saturated rings.